The van der Waals surface area contributed by atoms with Crippen molar-refractivity contribution in [3.63, 3.8) is 0 Å². The fourth-order valence-electron chi connectivity index (χ4n) is 5.47. The second-order valence-electron chi connectivity index (χ2n) is 11.2. The van der Waals surface area contributed by atoms with E-state index in [1.165, 1.54) is 16.6 Å². The van der Waals surface area contributed by atoms with Crippen molar-refractivity contribution in [2.45, 2.75) is 44.8 Å². The Bertz CT molecular complexity index is 1220. The van der Waals surface area contributed by atoms with E-state index in [-0.39, 0.29) is 17.8 Å². The van der Waals surface area contributed by atoms with Gasteiger partial charge in [-0.25, -0.2) is 9.59 Å². The maximum absolute atomic E-state index is 12.7. The van der Waals surface area contributed by atoms with E-state index >= 15 is 0 Å². The number of anilines is 1. The summed E-state index contributed by atoms with van der Waals surface area (Å²) < 4.78 is 1.45. The van der Waals surface area contributed by atoms with Crippen molar-refractivity contribution < 1.29 is 9.59 Å². The number of hydrogen-bond donors (Lipinski definition) is 3. The lowest BCUT2D eigenvalue weighted by molar-refractivity contribution is -0.137. The fourth-order valence-corrected chi connectivity index (χ4v) is 5.47. The summed E-state index contributed by atoms with van der Waals surface area (Å²) in [5, 5.41) is 2.69. The molecule has 198 valence electrons. The van der Waals surface area contributed by atoms with E-state index in [1.807, 2.05) is 24.3 Å². The van der Waals surface area contributed by atoms with Gasteiger partial charge in [-0.05, 0) is 50.5 Å². The van der Waals surface area contributed by atoms with Crippen LogP contribution in [0.2, 0.25) is 0 Å². The minimum absolute atomic E-state index is 0.141. The molecule has 5 N–H and O–H groups in total. The van der Waals surface area contributed by atoms with Gasteiger partial charge in [0, 0.05) is 63.5 Å². The molecule has 1 aromatic heterocycles. The standard InChI is InChI=1S/C26H36N8O3/c1-25(2,28)22(35)32-11-13-33(14-12-32)23(36)29-21-8-10-34(24(37)30-21)19-5-3-18(4-6-19)15-31-16-26(17-31)9-7-20(26)27/h3-6,8,10,20H,7,9,11-17,27-28H2,1-2H3,(H,29,30,36,37). The SMILES string of the molecule is CC(C)(N)C(=O)N1CCN(C(=O)Nc2ccn(-c3ccc(CN4CC5(CCC5N)C4)cc3)c(=O)n2)CC1. The maximum Gasteiger partial charge on any atom is 0.354 e. The van der Waals surface area contributed by atoms with Gasteiger partial charge in [0.15, 0.2) is 0 Å². The number of amides is 3. The molecule has 1 aromatic carbocycles. The largest absolute Gasteiger partial charge is 0.354 e. The number of benzene rings is 1. The van der Waals surface area contributed by atoms with Crippen LogP contribution in [-0.4, -0.2) is 87.0 Å². The molecule has 5 rings (SSSR count). The van der Waals surface area contributed by atoms with Gasteiger partial charge < -0.3 is 21.3 Å². The van der Waals surface area contributed by atoms with Gasteiger partial charge >= 0.3 is 11.7 Å². The highest BCUT2D eigenvalue weighted by atomic mass is 16.2. The minimum Gasteiger partial charge on any atom is -0.338 e. The molecule has 0 radical (unpaired) electrons. The Balaban J connectivity index is 1.14. The Hall–Kier alpha value is -3.28. The zero-order valence-electron chi connectivity index (χ0n) is 21.5. The molecule has 37 heavy (non-hydrogen) atoms. The van der Waals surface area contributed by atoms with E-state index in [2.05, 4.69) is 15.2 Å². The van der Waals surface area contributed by atoms with Crippen LogP contribution in [0.15, 0.2) is 41.3 Å². The highest BCUT2D eigenvalue weighted by Crippen LogP contribution is 2.47. The molecule has 2 saturated heterocycles. The van der Waals surface area contributed by atoms with Gasteiger partial charge in [0.1, 0.15) is 5.82 Å². The number of nitrogens with zero attached hydrogens (tertiary/aromatic N) is 5. The zero-order chi connectivity index (χ0) is 26.4. The summed E-state index contributed by atoms with van der Waals surface area (Å²) in [4.78, 5) is 47.4. The van der Waals surface area contributed by atoms with Gasteiger partial charge in [-0.3, -0.25) is 19.6 Å². The number of piperazine rings is 1. The third kappa shape index (κ3) is 5.11. The van der Waals surface area contributed by atoms with E-state index < -0.39 is 11.2 Å². The number of hydrogen-bond acceptors (Lipinski definition) is 7. The number of nitrogens with one attached hydrogen (secondary N) is 1. The third-order valence-electron chi connectivity index (χ3n) is 7.88. The molecule has 3 heterocycles. The van der Waals surface area contributed by atoms with E-state index in [1.54, 1.807) is 35.9 Å². The average molecular weight is 509 g/mol. The van der Waals surface area contributed by atoms with Crippen LogP contribution in [-0.2, 0) is 11.3 Å². The van der Waals surface area contributed by atoms with Crippen LogP contribution in [0, 0.1) is 5.41 Å². The van der Waals surface area contributed by atoms with E-state index in [0.717, 1.165) is 26.1 Å². The van der Waals surface area contributed by atoms with Gasteiger partial charge in [0.2, 0.25) is 5.91 Å². The van der Waals surface area contributed by atoms with Gasteiger partial charge in [0.25, 0.3) is 0 Å². The van der Waals surface area contributed by atoms with Crippen molar-refractivity contribution in [2.75, 3.05) is 44.6 Å². The molecule has 3 fully saturated rings. The molecule has 1 atom stereocenters. The lowest BCUT2D eigenvalue weighted by Crippen LogP contribution is -2.68. The van der Waals surface area contributed by atoms with Crippen LogP contribution in [0.1, 0.15) is 32.3 Å². The highest BCUT2D eigenvalue weighted by Gasteiger charge is 2.52. The van der Waals surface area contributed by atoms with E-state index in [9.17, 15) is 14.4 Å². The normalized spacial score (nSPS) is 21.4. The van der Waals surface area contributed by atoms with Crippen LogP contribution in [0.3, 0.4) is 0 Å². The second-order valence-corrected chi connectivity index (χ2v) is 11.2. The molecule has 2 aliphatic heterocycles. The number of nitrogens with two attached hydrogens (primary N) is 2. The molecule has 2 aromatic rings. The Morgan fingerprint density at radius 3 is 2.27 bits per heavy atom. The molecule has 1 unspecified atom stereocenters. The lowest BCUT2D eigenvalue weighted by atomic mass is 9.60. The van der Waals surface area contributed by atoms with Gasteiger partial charge in [0.05, 0.1) is 11.2 Å². The van der Waals surface area contributed by atoms with Crippen molar-refractivity contribution in [1.29, 1.82) is 0 Å². The van der Waals surface area contributed by atoms with Crippen LogP contribution in [0.4, 0.5) is 10.6 Å². The van der Waals surface area contributed by atoms with Crippen LogP contribution in [0.5, 0.6) is 0 Å². The molecular formula is C26H36N8O3. The molecule has 3 amide bonds. The molecule has 0 bridgehead atoms. The van der Waals surface area contributed by atoms with Crippen molar-refractivity contribution >= 4 is 17.8 Å². The summed E-state index contributed by atoms with van der Waals surface area (Å²) in [6.45, 7) is 7.91. The zero-order valence-corrected chi connectivity index (χ0v) is 21.5. The first kappa shape index (κ1) is 25.4. The number of rotatable bonds is 5. The maximum atomic E-state index is 12.7. The van der Waals surface area contributed by atoms with Crippen molar-refractivity contribution in [3.05, 3.63) is 52.6 Å². The second kappa shape index (κ2) is 9.55. The number of carbonyl (C=O) groups excluding carboxylic acids is 2. The number of likely N-dealkylation sites (tertiary alicyclic amines) is 1. The first-order chi connectivity index (χ1) is 17.5. The number of carbonyl (C=O) groups is 2. The topological polar surface area (TPSA) is 143 Å². The summed E-state index contributed by atoms with van der Waals surface area (Å²) >= 11 is 0. The van der Waals surface area contributed by atoms with Gasteiger partial charge in [-0.15, -0.1) is 0 Å². The van der Waals surface area contributed by atoms with Crippen LogP contribution < -0.4 is 22.5 Å². The predicted molar refractivity (Wildman–Crippen MR) is 140 cm³/mol. The summed E-state index contributed by atoms with van der Waals surface area (Å²) in [5.41, 5.74) is 12.9. The van der Waals surface area contributed by atoms with Crippen LogP contribution in [0.25, 0.3) is 5.69 Å². The Kier molecular flexibility index (Phi) is 6.55. The molecule has 1 spiro atoms. The fraction of sp³-hybridized carbons (Fsp3) is 0.538. The number of aromatic nitrogens is 2. The highest BCUT2D eigenvalue weighted by molar-refractivity contribution is 5.89. The Morgan fingerprint density at radius 1 is 1.08 bits per heavy atom. The summed E-state index contributed by atoms with van der Waals surface area (Å²) in [7, 11) is 0. The van der Waals surface area contributed by atoms with Gasteiger partial charge in [-0.1, -0.05) is 12.1 Å². The van der Waals surface area contributed by atoms with Gasteiger partial charge in [-0.2, -0.15) is 4.98 Å². The van der Waals surface area contributed by atoms with Crippen molar-refractivity contribution in [1.82, 2.24) is 24.3 Å². The summed E-state index contributed by atoms with van der Waals surface area (Å²) in [6.07, 6.45) is 3.98. The van der Waals surface area contributed by atoms with E-state index in [0.29, 0.717) is 43.3 Å². The average Bonchev–Trinajstić information content (AvgIpc) is 2.84. The molecule has 11 heteroatoms. The predicted octanol–water partition coefficient (Wildman–Crippen LogP) is 0.569. The third-order valence-corrected chi connectivity index (χ3v) is 7.88. The first-order valence-corrected chi connectivity index (χ1v) is 12.9. The molecule has 3 aliphatic rings. The number of urea groups is 1. The lowest BCUT2D eigenvalue weighted by Gasteiger charge is -2.59. The monoisotopic (exact) mass is 508 g/mol. The summed E-state index contributed by atoms with van der Waals surface area (Å²) in [5.74, 6) is 0.0450. The van der Waals surface area contributed by atoms with Crippen LogP contribution >= 0.6 is 0 Å². The minimum atomic E-state index is -0.944. The first-order valence-electron chi connectivity index (χ1n) is 12.9. The molecule has 1 saturated carbocycles. The molecule has 11 nitrogen and oxygen atoms in total. The van der Waals surface area contributed by atoms with E-state index in [4.69, 9.17) is 11.5 Å². The quantitative estimate of drug-likeness (QED) is 0.536. The molecular weight excluding hydrogens is 472 g/mol. The van der Waals surface area contributed by atoms with Crippen molar-refractivity contribution in [2.24, 2.45) is 16.9 Å². The van der Waals surface area contributed by atoms with Crippen molar-refractivity contribution in [3.8, 4) is 5.69 Å². The Morgan fingerprint density at radius 2 is 1.73 bits per heavy atom. The summed E-state index contributed by atoms with van der Waals surface area (Å²) in [6, 6.07) is 9.46. The Labute approximate surface area is 216 Å². The molecule has 1 aliphatic carbocycles. The smallest absolute Gasteiger partial charge is 0.338 e.